The predicted octanol–water partition coefficient (Wildman–Crippen LogP) is 2.42. The van der Waals surface area contributed by atoms with Crippen molar-refractivity contribution in [2.75, 3.05) is 30.4 Å². The zero-order valence-electron chi connectivity index (χ0n) is 14.4. The molecule has 1 aliphatic rings. The molecule has 1 aromatic heterocycles. The summed E-state index contributed by atoms with van der Waals surface area (Å²) in [7, 11) is 1.64. The number of anilines is 2. The second-order valence-electron chi connectivity index (χ2n) is 6.10. The third kappa shape index (κ3) is 3.88. The highest BCUT2D eigenvalue weighted by Crippen LogP contribution is 2.32. The average Bonchev–Trinajstić information content (AvgIpc) is 3.17. The van der Waals surface area contributed by atoms with Crippen LogP contribution in [0.2, 0.25) is 0 Å². The maximum Gasteiger partial charge on any atom is 0.216 e. The maximum atomic E-state index is 9.22. The van der Waals surface area contributed by atoms with Gasteiger partial charge in [-0.15, -0.1) is 10.2 Å². The van der Waals surface area contributed by atoms with E-state index in [0.29, 0.717) is 0 Å². The van der Waals surface area contributed by atoms with Crippen molar-refractivity contribution in [3.05, 3.63) is 30.2 Å². The molecular weight excluding hydrogens is 318 g/mol. The fourth-order valence-electron chi connectivity index (χ4n) is 2.84. The van der Waals surface area contributed by atoms with E-state index in [1.165, 1.54) is 12.8 Å². The first-order valence-electron chi connectivity index (χ1n) is 8.25. The van der Waals surface area contributed by atoms with E-state index in [0.717, 1.165) is 36.1 Å². The van der Waals surface area contributed by atoms with Crippen LogP contribution in [0.25, 0.3) is 5.57 Å². The van der Waals surface area contributed by atoms with E-state index in [1.54, 1.807) is 13.3 Å². The molecule has 8 heteroatoms. The number of tetrazole rings is 1. The van der Waals surface area contributed by atoms with Gasteiger partial charge in [-0.25, -0.2) is 0 Å². The van der Waals surface area contributed by atoms with Crippen LogP contribution in [0.4, 0.5) is 11.4 Å². The number of hydrogen-bond donors (Lipinski definition) is 2. The normalized spacial score (nSPS) is 15.7. The smallest absolute Gasteiger partial charge is 0.216 e. The van der Waals surface area contributed by atoms with Crippen molar-refractivity contribution >= 4 is 16.9 Å². The van der Waals surface area contributed by atoms with Crippen LogP contribution in [0.1, 0.15) is 25.6 Å². The van der Waals surface area contributed by atoms with Crippen LogP contribution >= 0.6 is 0 Å². The zero-order valence-corrected chi connectivity index (χ0v) is 14.4. The molecule has 0 saturated carbocycles. The van der Waals surface area contributed by atoms with Gasteiger partial charge in [0, 0.05) is 31.0 Å². The Morgan fingerprint density at radius 1 is 1.44 bits per heavy atom. The Labute approximate surface area is 146 Å². The molecule has 2 heterocycles. The summed E-state index contributed by atoms with van der Waals surface area (Å²) in [5.74, 6) is 1.75. The Morgan fingerprint density at radius 2 is 2.24 bits per heavy atom. The second kappa shape index (κ2) is 7.66. The van der Waals surface area contributed by atoms with Crippen molar-refractivity contribution in [3.63, 3.8) is 0 Å². The van der Waals surface area contributed by atoms with Crippen LogP contribution in [0, 0.1) is 17.2 Å². The number of nitrogens with one attached hydrogen (secondary N) is 2. The van der Waals surface area contributed by atoms with Gasteiger partial charge in [0.25, 0.3) is 0 Å². The summed E-state index contributed by atoms with van der Waals surface area (Å²) in [5, 5.41) is 25.7. The molecule has 1 aliphatic heterocycles. The van der Waals surface area contributed by atoms with Crippen LogP contribution < -0.4 is 15.0 Å². The number of rotatable bonds is 5. The van der Waals surface area contributed by atoms with Crippen LogP contribution in [0.3, 0.4) is 0 Å². The van der Waals surface area contributed by atoms with Gasteiger partial charge >= 0.3 is 0 Å². The molecule has 8 nitrogen and oxygen atoms in total. The van der Waals surface area contributed by atoms with Gasteiger partial charge in [0.2, 0.25) is 5.82 Å². The van der Waals surface area contributed by atoms with Crippen molar-refractivity contribution in [3.8, 4) is 11.8 Å². The number of nitrogens with zero attached hydrogens (tertiary/aromatic N) is 5. The SMILES string of the molecule is COc1cc(N2CCC(C)CC2)ccc1NC=C(C#N)c1nn[nH]n1. The molecule has 0 amide bonds. The van der Waals surface area contributed by atoms with E-state index in [4.69, 9.17) is 4.74 Å². The summed E-state index contributed by atoms with van der Waals surface area (Å²) in [6.45, 7) is 4.43. The third-order valence-electron chi connectivity index (χ3n) is 4.41. The Hall–Kier alpha value is -3.08. The summed E-state index contributed by atoms with van der Waals surface area (Å²) >= 11 is 0. The van der Waals surface area contributed by atoms with Gasteiger partial charge in [-0.1, -0.05) is 6.92 Å². The highest BCUT2D eigenvalue weighted by molar-refractivity contribution is 5.75. The number of allylic oxidation sites excluding steroid dienone is 1. The Kier molecular flexibility index (Phi) is 5.14. The molecule has 0 radical (unpaired) electrons. The summed E-state index contributed by atoms with van der Waals surface area (Å²) in [5.41, 5.74) is 2.20. The summed E-state index contributed by atoms with van der Waals surface area (Å²) in [6.07, 6.45) is 3.97. The first-order valence-corrected chi connectivity index (χ1v) is 8.25. The molecule has 0 atom stereocenters. The number of benzene rings is 1. The average molecular weight is 339 g/mol. The van der Waals surface area contributed by atoms with Crippen LogP contribution in [-0.4, -0.2) is 40.8 Å². The zero-order chi connectivity index (χ0) is 17.6. The number of H-pyrrole nitrogens is 1. The quantitative estimate of drug-likeness (QED) is 0.806. The van der Waals surface area contributed by atoms with E-state index < -0.39 is 0 Å². The van der Waals surface area contributed by atoms with Gasteiger partial charge in [0.15, 0.2) is 0 Å². The molecule has 0 bridgehead atoms. The molecule has 3 rings (SSSR count). The van der Waals surface area contributed by atoms with Crippen molar-refractivity contribution in [1.82, 2.24) is 20.6 Å². The first kappa shape index (κ1) is 16.8. The number of aromatic nitrogens is 4. The minimum atomic E-state index is 0.244. The molecule has 130 valence electrons. The van der Waals surface area contributed by atoms with E-state index in [-0.39, 0.29) is 11.4 Å². The molecule has 1 aromatic carbocycles. The standard InChI is InChI=1S/C17H21N7O/c1-12-5-7-24(8-6-12)14-3-4-15(16(9-14)25-2)19-11-13(10-18)17-20-22-23-21-17/h3-4,9,11-12,19H,5-8H2,1-2H3,(H,20,21,22,23). The second-order valence-corrected chi connectivity index (χ2v) is 6.10. The molecule has 1 saturated heterocycles. The molecule has 0 unspecified atom stereocenters. The highest BCUT2D eigenvalue weighted by atomic mass is 16.5. The van der Waals surface area contributed by atoms with Gasteiger partial charge in [-0.3, -0.25) is 0 Å². The molecule has 2 N–H and O–H groups in total. The fourth-order valence-corrected chi connectivity index (χ4v) is 2.84. The van der Waals surface area contributed by atoms with Crippen LogP contribution in [-0.2, 0) is 0 Å². The number of piperidine rings is 1. The number of aromatic amines is 1. The largest absolute Gasteiger partial charge is 0.494 e. The number of hydrogen-bond acceptors (Lipinski definition) is 7. The van der Waals surface area contributed by atoms with Gasteiger partial charge in [0.05, 0.1) is 12.8 Å². The van der Waals surface area contributed by atoms with Crippen molar-refractivity contribution < 1.29 is 4.74 Å². The van der Waals surface area contributed by atoms with Crippen molar-refractivity contribution in [1.29, 1.82) is 5.26 Å². The van der Waals surface area contributed by atoms with Gasteiger partial charge in [0.1, 0.15) is 17.4 Å². The summed E-state index contributed by atoms with van der Waals surface area (Å²) < 4.78 is 5.50. The number of ether oxygens (including phenoxy) is 1. The van der Waals surface area contributed by atoms with Crippen LogP contribution in [0.15, 0.2) is 24.4 Å². The Bertz CT molecular complexity index is 771. The number of methoxy groups -OCH3 is 1. The molecule has 0 aliphatic carbocycles. The minimum Gasteiger partial charge on any atom is -0.494 e. The third-order valence-corrected chi connectivity index (χ3v) is 4.41. The molecule has 0 spiro atoms. The van der Waals surface area contributed by atoms with E-state index >= 15 is 0 Å². The van der Waals surface area contributed by atoms with E-state index in [9.17, 15) is 5.26 Å². The fraction of sp³-hybridized carbons (Fsp3) is 0.412. The lowest BCUT2D eigenvalue weighted by molar-refractivity contribution is 0.415. The number of nitriles is 1. The molecule has 25 heavy (non-hydrogen) atoms. The lowest BCUT2D eigenvalue weighted by Crippen LogP contribution is -2.32. The molecule has 1 fully saturated rings. The van der Waals surface area contributed by atoms with Gasteiger partial charge < -0.3 is 15.0 Å². The lowest BCUT2D eigenvalue weighted by Gasteiger charge is -2.32. The monoisotopic (exact) mass is 339 g/mol. The lowest BCUT2D eigenvalue weighted by atomic mass is 9.99. The van der Waals surface area contributed by atoms with E-state index in [2.05, 4.69) is 43.8 Å². The van der Waals surface area contributed by atoms with E-state index in [1.807, 2.05) is 18.2 Å². The van der Waals surface area contributed by atoms with Gasteiger partial charge in [-0.2, -0.15) is 10.5 Å². The van der Waals surface area contributed by atoms with Crippen molar-refractivity contribution in [2.24, 2.45) is 5.92 Å². The Balaban J connectivity index is 1.77. The predicted molar refractivity (Wildman–Crippen MR) is 95.0 cm³/mol. The topological polar surface area (TPSA) is 103 Å². The minimum absolute atomic E-state index is 0.244. The van der Waals surface area contributed by atoms with Gasteiger partial charge in [-0.05, 0) is 36.1 Å². The van der Waals surface area contributed by atoms with Crippen molar-refractivity contribution in [2.45, 2.75) is 19.8 Å². The van der Waals surface area contributed by atoms with Crippen LogP contribution in [0.5, 0.6) is 5.75 Å². The summed E-state index contributed by atoms with van der Waals surface area (Å²) in [4.78, 5) is 2.38. The molecular formula is C17H21N7O. The highest BCUT2D eigenvalue weighted by Gasteiger charge is 2.17. The first-order chi connectivity index (χ1) is 12.2. The summed E-state index contributed by atoms with van der Waals surface area (Å²) in [6, 6.07) is 8.08. The Morgan fingerprint density at radius 3 is 2.88 bits per heavy atom. The molecule has 2 aromatic rings. The maximum absolute atomic E-state index is 9.22.